The lowest BCUT2D eigenvalue weighted by atomic mass is 10.0. The molecule has 2 heterocycles. The molecule has 0 fully saturated rings. The van der Waals surface area contributed by atoms with E-state index < -0.39 is 35.8 Å². The summed E-state index contributed by atoms with van der Waals surface area (Å²) in [6, 6.07) is 15.2. The maximum Gasteiger partial charge on any atom is 0.263 e. The van der Waals surface area contributed by atoms with Crippen molar-refractivity contribution < 1.29 is 18.0 Å². The van der Waals surface area contributed by atoms with Gasteiger partial charge in [0.2, 0.25) is 0 Å². The maximum absolute atomic E-state index is 13.9. The van der Waals surface area contributed by atoms with E-state index in [0.29, 0.717) is 11.3 Å². The summed E-state index contributed by atoms with van der Waals surface area (Å²) in [7, 11) is 0. The lowest BCUT2D eigenvalue weighted by Crippen LogP contribution is -2.29. The van der Waals surface area contributed by atoms with Crippen LogP contribution in [0.3, 0.4) is 0 Å². The van der Waals surface area contributed by atoms with Gasteiger partial charge in [0, 0.05) is 6.20 Å². The Labute approximate surface area is 175 Å². The van der Waals surface area contributed by atoms with Crippen LogP contribution in [-0.4, -0.2) is 16.1 Å². The lowest BCUT2D eigenvalue weighted by molar-refractivity contribution is 0.0969. The van der Waals surface area contributed by atoms with Crippen LogP contribution in [0.15, 0.2) is 71.9 Å². The monoisotopic (exact) mass is 427 g/mol. The largest absolute Gasteiger partial charge is 0.301 e. The molecule has 1 aliphatic rings. The van der Waals surface area contributed by atoms with Gasteiger partial charge in [0.1, 0.15) is 29.9 Å². The molecule has 1 N–H and O–H groups in total. The van der Waals surface area contributed by atoms with Crippen LogP contribution in [-0.2, 0) is 6.67 Å². The minimum atomic E-state index is -0.954. The summed E-state index contributed by atoms with van der Waals surface area (Å²) in [5, 5.41) is 2.43. The summed E-state index contributed by atoms with van der Waals surface area (Å²) >= 11 is 1.23. The molecule has 0 saturated carbocycles. The zero-order valence-corrected chi connectivity index (χ0v) is 16.4. The molecule has 1 aliphatic heterocycles. The Morgan fingerprint density at radius 2 is 1.80 bits per heavy atom. The van der Waals surface area contributed by atoms with E-state index in [1.54, 1.807) is 30.5 Å². The minimum Gasteiger partial charge on any atom is -0.301 e. The fourth-order valence-electron chi connectivity index (χ4n) is 3.22. The van der Waals surface area contributed by atoms with E-state index in [9.17, 15) is 18.0 Å². The molecule has 0 radical (unpaired) electrons. The van der Waals surface area contributed by atoms with Gasteiger partial charge in [-0.1, -0.05) is 48.2 Å². The fraction of sp³-hybridized carbons (Fsp3) is 0.136. The third-order valence-electron chi connectivity index (χ3n) is 4.62. The summed E-state index contributed by atoms with van der Waals surface area (Å²) in [6.45, 7) is -0.601. The Hall–Kier alpha value is -3.13. The van der Waals surface area contributed by atoms with E-state index >= 15 is 0 Å². The summed E-state index contributed by atoms with van der Waals surface area (Å²) in [4.78, 5) is 21.4. The number of pyridine rings is 1. The van der Waals surface area contributed by atoms with Gasteiger partial charge < -0.3 is 5.32 Å². The molecule has 2 unspecified atom stereocenters. The second-order valence-electron chi connectivity index (χ2n) is 6.60. The number of hydrogen-bond donors (Lipinski definition) is 1. The normalized spacial score (nSPS) is 18.2. The molecule has 1 aromatic heterocycles. The molecule has 152 valence electrons. The van der Waals surface area contributed by atoms with Crippen LogP contribution >= 0.6 is 11.8 Å². The molecule has 1 amide bonds. The highest BCUT2D eigenvalue weighted by molar-refractivity contribution is 8.14. The molecule has 3 aromatic rings. The second kappa shape index (κ2) is 8.71. The highest BCUT2D eigenvalue weighted by atomic mass is 32.2. The number of rotatable bonds is 4. The second-order valence-corrected chi connectivity index (χ2v) is 7.73. The summed E-state index contributed by atoms with van der Waals surface area (Å²) in [5.74, 6) is -2.83. The van der Waals surface area contributed by atoms with Gasteiger partial charge >= 0.3 is 0 Å². The van der Waals surface area contributed by atoms with Crippen molar-refractivity contribution in [2.75, 3.05) is 0 Å². The quantitative estimate of drug-likeness (QED) is 0.627. The Morgan fingerprint density at radius 3 is 2.50 bits per heavy atom. The van der Waals surface area contributed by atoms with Crippen molar-refractivity contribution in [3.05, 3.63) is 101 Å². The number of thioether (sulfide) groups is 1. The number of hydrogen-bond acceptors (Lipinski definition) is 4. The van der Waals surface area contributed by atoms with Crippen molar-refractivity contribution in [3.63, 3.8) is 0 Å². The van der Waals surface area contributed by atoms with E-state index in [2.05, 4.69) is 15.3 Å². The fourth-order valence-corrected chi connectivity index (χ4v) is 4.40. The average Bonchev–Trinajstić information content (AvgIpc) is 3.18. The molecule has 30 heavy (non-hydrogen) atoms. The summed E-state index contributed by atoms with van der Waals surface area (Å²) in [6.07, 6.45) is 1.63. The van der Waals surface area contributed by atoms with Gasteiger partial charge in [0.25, 0.3) is 5.91 Å². The van der Waals surface area contributed by atoms with Crippen LogP contribution < -0.4 is 5.32 Å². The minimum absolute atomic E-state index is 0.217. The number of aliphatic imine (C=N–C) groups is 1. The molecule has 4 nitrogen and oxygen atoms in total. The number of amides is 1. The highest BCUT2D eigenvalue weighted by Gasteiger charge is 2.35. The van der Waals surface area contributed by atoms with Crippen LogP contribution in [0.2, 0.25) is 0 Å². The standard InChI is InChI=1S/C22H16F3N3OS/c23-12-13-5-3-6-14(11-13)20-19(17-9-1-2-10-26-17)27-22(30-20)28-21(29)18-15(24)7-4-8-16(18)25/h1-11,19-20H,12H2,(H,27,28,29). The predicted octanol–water partition coefficient (Wildman–Crippen LogP) is 5.14. The van der Waals surface area contributed by atoms with Crippen molar-refractivity contribution >= 4 is 22.8 Å². The summed E-state index contributed by atoms with van der Waals surface area (Å²) < 4.78 is 41.0. The molecule has 0 saturated heterocycles. The Kier molecular flexibility index (Phi) is 5.85. The Morgan fingerprint density at radius 1 is 1.03 bits per heavy atom. The van der Waals surface area contributed by atoms with E-state index in [0.717, 1.165) is 17.7 Å². The maximum atomic E-state index is 13.9. The first-order chi connectivity index (χ1) is 14.6. The Bertz CT molecular complexity index is 1090. The molecule has 4 rings (SSSR count). The third-order valence-corrected chi connectivity index (χ3v) is 5.83. The van der Waals surface area contributed by atoms with Crippen molar-refractivity contribution in [1.29, 1.82) is 0 Å². The molecule has 2 atom stereocenters. The van der Waals surface area contributed by atoms with Gasteiger partial charge in [-0.2, -0.15) is 0 Å². The number of amidine groups is 1. The van der Waals surface area contributed by atoms with Crippen molar-refractivity contribution in [2.24, 2.45) is 4.99 Å². The molecule has 0 bridgehead atoms. The number of benzene rings is 2. The molecular weight excluding hydrogens is 411 g/mol. The number of nitrogens with one attached hydrogen (secondary N) is 1. The molecular formula is C22H16F3N3OS. The van der Waals surface area contributed by atoms with Crippen LogP contribution in [0.4, 0.5) is 13.2 Å². The van der Waals surface area contributed by atoms with Gasteiger partial charge in [0.05, 0.1) is 10.9 Å². The van der Waals surface area contributed by atoms with Crippen molar-refractivity contribution in [1.82, 2.24) is 10.3 Å². The zero-order valence-electron chi connectivity index (χ0n) is 15.6. The first kappa shape index (κ1) is 20.2. The van der Waals surface area contributed by atoms with Gasteiger partial charge in [-0.05, 0) is 35.4 Å². The molecule has 2 aromatic carbocycles. The van der Waals surface area contributed by atoms with Crippen LogP contribution in [0, 0.1) is 11.6 Å². The number of alkyl halides is 1. The highest BCUT2D eigenvalue weighted by Crippen LogP contribution is 2.47. The predicted molar refractivity (Wildman–Crippen MR) is 110 cm³/mol. The number of halogens is 3. The van der Waals surface area contributed by atoms with Crippen LogP contribution in [0.1, 0.15) is 38.5 Å². The van der Waals surface area contributed by atoms with E-state index in [1.807, 2.05) is 18.2 Å². The number of aromatic nitrogens is 1. The zero-order chi connectivity index (χ0) is 21.1. The van der Waals surface area contributed by atoms with Gasteiger partial charge in [0.15, 0.2) is 5.17 Å². The number of carbonyl (C=O) groups is 1. The molecule has 8 heteroatoms. The third kappa shape index (κ3) is 4.09. The molecule has 0 aliphatic carbocycles. The van der Waals surface area contributed by atoms with Crippen molar-refractivity contribution in [2.45, 2.75) is 18.0 Å². The van der Waals surface area contributed by atoms with Gasteiger partial charge in [-0.25, -0.2) is 13.2 Å². The summed E-state index contributed by atoms with van der Waals surface area (Å²) in [5.41, 5.74) is 1.34. The SMILES string of the molecule is O=C(NC1=NC(c2ccccn2)C(c2cccc(CF)c2)S1)c1c(F)cccc1F. The van der Waals surface area contributed by atoms with Gasteiger partial charge in [-0.15, -0.1) is 0 Å². The number of nitrogens with zero attached hydrogens (tertiary/aromatic N) is 2. The number of carbonyl (C=O) groups excluding carboxylic acids is 1. The van der Waals surface area contributed by atoms with Crippen LogP contribution in [0.25, 0.3) is 0 Å². The topological polar surface area (TPSA) is 54.4 Å². The first-order valence-electron chi connectivity index (χ1n) is 9.12. The van der Waals surface area contributed by atoms with E-state index in [1.165, 1.54) is 17.8 Å². The first-order valence-corrected chi connectivity index (χ1v) is 10.0. The van der Waals surface area contributed by atoms with Crippen molar-refractivity contribution in [3.8, 4) is 0 Å². The van der Waals surface area contributed by atoms with Gasteiger partial charge in [-0.3, -0.25) is 14.8 Å². The average molecular weight is 427 g/mol. The van der Waals surface area contributed by atoms with E-state index in [4.69, 9.17) is 0 Å². The lowest BCUT2D eigenvalue weighted by Gasteiger charge is -2.17. The molecule has 0 spiro atoms. The van der Waals surface area contributed by atoms with Crippen LogP contribution in [0.5, 0.6) is 0 Å². The Balaban J connectivity index is 1.65. The van der Waals surface area contributed by atoms with E-state index in [-0.39, 0.29) is 10.4 Å². The smallest absolute Gasteiger partial charge is 0.263 e.